The summed E-state index contributed by atoms with van der Waals surface area (Å²) in [7, 11) is 0. The van der Waals surface area contributed by atoms with Gasteiger partial charge < -0.3 is 4.74 Å². The Morgan fingerprint density at radius 1 is 1.27 bits per heavy atom. The van der Waals surface area contributed by atoms with Crippen LogP contribution in [-0.2, 0) is 6.61 Å². The lowest BCUT2D eigenvalue weighted by Gasteiger charge is -2.11. The molecular formula is C14H9BrClFN4O. The van der Waals surface area contributed by atoms with Crippen molar-refractivity contribution in [1.82, 2.24) is 20.6 Å². The average Bonchev–Trinajstić information content (AvgIpc) is 3.02. The largest absolute Gasteiger partial charge is 0.486 e. The van der Waals surface area contributed by atoms with Crippen molar-refractivity contribution in [2.24, 2.45) is 0 Å². The first-order valence-corrected chi connectivity index (χ1v) is 7.41. The summed E-state index contributed by atoms with van der Waals surface area (Å²) >= 11 is 9.61. The van der Waals surface area contributed by atoms with Crippen LogP contribution in [0.3, 0.4) is 0 Å². The zero-order valence-corrected chi connectivity index (χ0v) is 13.4. The van der Waals surface area contributed by atoms with E-state index in [-0.39, 0.29) is 12.4 Å². The maximum Gasteiger partial charge on any atom is 0.204 e. The minimum absolute atomic E-state index is 0.0759. The van der Waals surface area contributed by atoms with E-state index in [0.717, 1.165) is 0 Å². The fourth-order valence-electron chi connectivity index (χ4n) is 1.88. The summed E-state index contributed by atoms with van der Waals surface area (Å²) in [5.41, 5.74) is 1.14. The standard InChI is InChI=1S/C14H9BrClFN4O/c15-10-5-9(14-18-20-21-19-14)6-11(16)13(10)22-7-8-3-1-2-4-12(8)17/h1-6H,7H2,(H,18,19,20,21). The lowest BCUT2D eigenvalue weighted by molar-refractivity contribution is 0.298. The Kier molecular flexibility index (Phi) is 4.35. The van der Waals surface area contributed by atoms with Crippen LogP contribution in [0.5, 0.6) is 5.75 Å². The molecular weight excluding hydrogens is 375 g/mol. The molecule has 22 heavy (non-hydrogen) atoms. The van der Waals surface area contributed by atoms with Crippen molar-refractivity contribution in [3.8, 4) is 17.1 Å². The summed E-state index contributed by atoms with van der Waals surface area (Å²) in [6, 6.07) is 9.83. The molecule has 5 nitrogen and oxygen atoms in total. The molecule has 1 aromatic heterocycles. The van der Waals surface area contributed by atoms with Gasteiger partial charge in [-0.15, -0.1) is 10.2 Å². The Hall–Kier alpha value is -1.99. The smallest absolute Gasteiger partial charge is 0.204 e. The van der Waals surface area contributed by atoms with Gasteiger partial charge in [0.25, 0.3) is 0 Å². The Bertz CT molecular complexity index is 774. The number of benzene rings is 2. The van der Waals surface area contributed by atoms with E-state index in [1.54, 1.807) is 30.3 Å². The maximum absolute atomic E-state index is 13.6. The predicted molar refractivity (Wildman–Crippen MR) is 83.1 cm³/mol. The molecule has 112 valence electrons. The third-order valence-corrected chi connectivity index (χ3v) is 3.80. The van der Waals surface area contributed by atoms with Crippen LogP contribution in [-0.4, -0.2) is 20.6 Å². The molecule has 0 unspecified atom stereocenters. The number of nitrogens with one attached hydrogen (secondary N) is 1. The van der Waals surface area contributed by atoms with Gasteiger partial charge in [0.2, 0.25) is 5.82 Å². The van der Waals surface area contributed by atoms with E-state index in [1.165, 1.54) is 6.07 Å². The number of nitrogens with zero attached hydrogens (tertiary/aromatic N) is 3. The molecule has 0 radical (unpaired) electrons. The Morgan fingerprint density at radius 2 is 2.09 bits per heavy atom. The van der Waals surface area contributed by atoms with E-state index in [1.807, 2.05) is 0 Å². The minimum Gasteiger partial charge on any atom is -0.486 e. The molecule has 3 aromatic rings. The fourth-order valence-corrected chi connectivity index (χ4v) is 2.84. The summed E-state index contributed by atoms with van der Waals surface area (Å²) < 4.78 is 19.8. The van der Waals surface area contributed by atoms with Gasteiger partial charge in [0.1, 0.15) is 12.4 Å². The maximum atomic E-state index is 13.6. The number of halogens is 3. The number of hydrogen-bond acceptors (Lipinski definition) is 4. The highest BCUT2D eigenvalue weighted by molar-refractivity contribution is 9.10. The Balaban J connectivity index is 1.84. The molecule has 1 N–H and O–H groups in total. The first-order valence-electron chi connectivity index (χ1n) is 6.24. The van der Waals surface area contributed by atoms with Gasteiger partial charge in [0, 0.05) is 11.1 Å². The molecule has 0 saturated heterocycles. The minimum atomic E-state index is -0.321. The highest BCUT2D eigenvalue weighted by Crippen LogP contribution is 2.37. The molecule has 0 amide bonds. The molecule has 0 aliphatic heterocycles. The van der Waals surface area contributed by atoms with Crippen LogP contribution < -0.4 is 4.74 Å². The normalized spacial score (nSPS) is 10.7. The molecule has 8 heteroatoms. The van der Waals surface area contributed by atoms with E-state index in [9.17, 15) is 4.39 Å². The molecule has 0 aliphatic rings. The number of tetrazole rings is 1. The van der Waals surface area contributed by atoms with Crippen LogP contribution >= 0.6 is 27.5 Å². The van der Waals surface area contributed by atoms with Gasteiger partial charge >= 0.3 is 0 Å². The molecule has 2 aromatic carbocycles. The first kappa shape index (κ1) is 14.9. The zero-order valence-electron chi connectivity index (χ0n) is 11.1. The molecule has 0 fully saturated rings. The number of aromatic amines is 1. The van der Waals surface area contributed by atoms with E-state index in [4.69, 9.17) is 16.3 Å². The van der Waals surface area contributed by atoms with Crippen molar-refractivity contribution in [3.63, 3.8) is 0 Å². The van der Waals surface area contributed by atoms with Crippen molar-refractivity contribution >= 4 is 27.5 Å². The van der Waals surface area contributed by atoms with Crippen LogP contribution in [0.2, 0.25) is 5.02 Å². The zero-order chi connectivity index (χ0) is 15.5. The highest BCUT2D eigenvalue weighted by atomic mass is 79.9. The summed E-state index contributed by atoms with van der Waals surface area (Å²) in [5.74, 6) is 0.526. The fraction of sp³-hybridized carbons (Fsp3) is 0.0714. The average molecular weight is 384 g/mol. The van der Waals surface area contributed by atoms with Gasteiger partial charge in [0.05, 0.1) is 9.50 Å². The van der Waals surface area contributed by atoms with Crippen molar-refractivity contribution < 1.29 is 9.13 Å². The monoisotopic (exact) mass is 382 g/mol. The number of ether oxygens (including phenoxy) is 1. The third kappa shape index (κ3) is 3.10. The molecule has 0 aliphatic carbocycles. The molecule has 1 heterocycles. The summed E-state index contributed by atoms with van der Waals surface area (Å²) in [5, 5.41) is 14.0. The molecule has 0 saturated carbocycles. The van der Waals surface area contributed by atoms with Crippen LogP contribution in [0.1, 0.15) is 5.56 Å². The summed E-state index contributed by atoms with van der Waals surface area (Å²) in [4.78, 5) is 0. The lowest BCUT2D eigenvalue weighted by atomic mass is 10.2. The SMILES string of the molecule is Fc1ccccc1COc1c(Cl)cc(-c2nn[nH]n2)cc1Br. The predicted octanol–water partition coefficient (Wildman–Crippen LogP) is 4.00. The van der Waals surface area contributed by atoms with Crippen LogP contribution in [0.4, 0.5) is 4.39 Å². The quantitative estimate of drug-likeness (QED) is 0.739. The van der Waals surface area contributed by atoms with Gasteiger partial charge in [0.15, 0.2) is 5.75 Å². The van der Waals surface area contributed by atoms with Gasteiger partial charge in [-0.3, -0.25) is 0 Å². The highest BCUT2D eigenvalue weighted by Gasteiger charge is 2.13. The van der Waals surface area contributed by atoms with E-state index in [2.05, 4.69) is 36.6 Å². The van der Waals surface area contributed by atoms with Crippen molar-refractivity contribution in [1.29, 1.82) is 0 Å². The van der Waals surface area contributed by atoms with Crippen LogP contribution in [0, 0.1) is 5.82 Å². The molecule has 0 bridgehead atoms. The lowest BCUT2D eigenvalue weighted by Crippen LogP contribution is -1.99. The molecule has 3 rings (SSSR count). The Labute approximate surface area is 138 Å². The second-order valence-electron chi connectivity index (χ2n) is 4.38. The van der Waals surface area contributed by atoms with E-state index < -0.39 is 0 Å². The number of hydrogen-bond donors (Lipinski definition) is 1. The van der Waals surface area contributed by atoms with Crippen LogP contribution in [0.15, 0.2) is 40.9 Å². The van der Waals surface area contributed by atoms with Gasteiger partial charge in [-0.1, -0.05) is 29.8 Å². The van der Waals surface area contributed by atoms with Gasteiger partial charge in [-0.25, -0.2) is 4.39 Å². The molecule has 0 atom stereocenters. The van der Waals surface area contributed by atoms with Crippen LogP contribution in [0.25, 0.3) is 11.4 Å². The number of rotatable bonds is 4. The third-order valence-electron chi connectivity index (χ3n) is 2.93. The molecule has 0 spiro atoms. The van der Waals surface area contributed by atoms with Crippen molar-refractivity contribution in [2.75, 3.05) is 0 Å². The van der Waals surface area contributed by atoms with Gasteiger partial charge in [-0.05, 0) is 39.3 Å². The summed E-state index contributed by atoms with van der Waals surface area (Å²) in [6.45, 7) is 0.0759. The second kappa shape index (κ2) is 6.41. The van der Waals surface area contributed by atoms with Crippen molar-refractivity contribution in [3.05, 3.63) is 57.3 Å². The Morgan fingerprint density at radius 3 is 2.77 bits per heavy atom. The number of aromatic nitrogens is 4. The van der Waals surface area contributed by atoms with E-state index in [0.29, 0.717) is 32.2 Å². The second-order valence-corrected chi connectivity index (χ2v) is 5.65. The number of H-pyrrole nitrogens is 1. The van der Waals surface area contributed by atoms with E-state index >= 15 is 0 Å². The summed E-state index contributed by atoms with van der Waals surface area (Å²) in [6.07, 6.45) is 0. The van der Waals surface area contributed by atoms with Crippen molar-refractivity contribution in [2.45, 2.75) is 6.61 Å². The van der Waals surface area contributed by atoms with Gasteiger partial charge in [-0.2, -0.15) is 5.21 Å². The first-order chi connectivity index (χ1) is 10.6. The topological polar surface area (TPSA) is 63.7 Å².